The van der Waals surface area contributed by atoms with E-state index in [4.69, 9.17) is 10.5 Å². The number of unbranched alkanes of at least 4 members (excludes halogenated alkanes) is 1. The summed E-state index contributed by atoms with van der Waals surface area (Å²) in [5.41, 5.74) is 8.80. The van der Waals surface area contributed by atoms with Crippen molar-refractivity contribution >= 4 is 35.7 Å². The second-order valence-electron chi connectivity index (χ2n) is 10.9. The molecule has 182 valence electrons. The zero-order valence-corrected chi connectivity index (χ0v) is 23.2. The molecule has 33 heavy (non-hydrogen) atoms. The SMILES string of the molecule is CC(C)(CCCCc1cccc(Br)n1)C(=O)N1Cc2c(N)nn(COCC[Si](C)(C)C)c2C1. The average molecular weight is 537 g/mol. The van der Waals surface area contributed by atoms with Gasteiger partial charge in [0.1, 0.15) is 11.3 Å². The normalized spacial score (nSPS) is 14.1. The number of halogens is 1. The maximum absolute atomic E-state index is 13.3. The van der Waals surface area contributed by atoms with Gasteiger partial charge in [-0.1, -0.05) is 46.0 Å². The zero-order valence-electron chi connectivity index (χ0n) is 20.7. The monoisotopic (exact) mass is 535 g/mol. The number of carbonyl (C=O) groups excluding carboxylic acids is 1. The van der Waals surface area contributed by atoms with Gasteiger partial charge in [-0.25, -0.2) is 9.67 Å². The molecule has 0 atom stereocenters. The maximum atomic E-state index is 13.3. The molecule has 1 aliphatic heterocycles. The van der Waals surface area contributed by atoms with Crippen LogP contribution >= 0.6 is 15.9 Å². The number of nitrogens with zero attached hydrogens (tertiary/aromatic N) is 4. The highest BCUT2D eigenvalue weighted by Gasteiger charge is 2.37. The minimum atomic E-state index is -1.13. The van der Waals surface area contributed by atoms with Gasteiger partial charge in [0.05, 0.1) is 18.8 Å². The Morgan fingerprint density at radius 3 is 2.70 bits per heavy atom. The predicted octanol–water partition coefficient (Wildman–Crippen LogP) is 5.22. The molecule has 3 heterocycles. The number of nitrogen functional groups attached to an aromatic ring is 1. The average Bonchev–Trinajstić information content (AvgIpc) is 3.28. The molecule has 0 fully saturated rings. The van der Waals surface area contributed by atoms with Crippen LogP contribution in [0, 0.1) is 5.41 Å². The number of hydrogen-bond acceptors (Lipinski definition) is 5. The summed E-state index contributed by atoms with van der Waals surface area (Å²) in [6, 6.07) is 7.10. The molecule has 0 radical (unpaired) electrons. The Kier molecular flexibility index (Phi) is 8.39. The molecule has 7 nitrogen and oxygen atoms in total. The molecular weight excluding hydrogens is 498 g/mol. The summed E-state index contributed by atoms with van der Waals surface area (Å²) < 4.78 is 8.57. The van der Waals surface area contributed by atoms with E-state index in [1.807, 2.05) is 41.6 Å². The van der Waals surface area contributed by atoms with E-state index in [2.05, 4.69) is 45.7 Å². The fourth-order valence-corrected chi connectivity index (χ4v) is 5.25. The summed E-state index contributed by atoms with van der Waals surface area (Å²) in [6.45, 7) is 13.3. The molecule has 2 aromatic heterocycles. The van der Waals surface area contributed by atoms with Crippen LogP contribution in [0.15, 0.2) is 22.8 Å². The Morgan fingerprint density at radius 2 is 2.00 bits per heavy atom. The van der Waals surface area contributed by atoms with Crippen LogP contribution in [0.2, 0.25) is 25.7 Å². The fraction of sp³-hybridized carbons (Fsp3) is 0.625. The number of amides is 1. The Labute approximate surface area is 207 Å². The summed E-state index contributed by atoms with van der Waals surface area (Å²) in [4.78, 5) is 19.8. The number of carbonyl (C=O) groups is 1. The van der Waals surface area contributed by atoms with Crippen molar-refractivity contribution < 1.29 is 9.53 Å². The molecule has 0 unspecified atom stereocenters. The van der Waals surface area contributed by atoms with E-state index < -0.39 is 13.5 Å². The molecule has 0 spiro atoms. The number of rotatable bonds is 11. The Hall–Kier alpha value is -1.71. The number of aryl methyl sites for hydroxylation is 1. The van der Waals surface area contributed by atoms with Crippen molar-refractivity contribution in [2.24, 2.45) is 5.41 Å². The van der Waals surface area contributed by atoms with Crippen molar-refractivity contribution in [3.05, 3.63) is 39.8 Å². The molecule has 0 saturated carbocycles. The zero-order chi connectivity index (χ0) is 24.2. The number of anilines is 1. The van der Waals surface area contributed by atoms with Gasteiger partial charge in [0.2, 0.25) is 5.91 Å². The number of nitrogens with two attached hydrogens (primary N) is 1. The van der Waals surface area contributed by atoms with Gasteiger partial charge in [-0.15, -0.1) is 0 Å². The molecule has 0 bridgehead atoms. The summed E-state index contributed by atoms with van der Waals surface area (Å²) >= 11 is 3.42. The van der Waals surface area contributed by atoms with Crippen LogP contribution in [0.4, 0.5) is 5.82 Å². The first-order valence-electron chi connectivity index (χ1n) is 11.8. The van der Waals surface area contributed by atoms with E-state index >= 15 is 0 Å². The van der Waals surface area contributed by atoms with Gasteiger partial charge in [0, 0.05) is 31.4 Å². The first-order valence-corrected chi connectivity index (χ1v) is 16.3. The first-order chi connectivity index (χ1) is 15.5. The van der Waals surface area contributed by atoms with Crippen LogP contribution in [-0.2, 0) is 35.8 Å². The lowest BCUT2D eigenvalue weighted by Gasteiger charge is -2.29. The van der Waals surface area contributed by atoms with Gasteiger partial charge >= 0.3 is 0 Å². The standard InChI is InChI=1S/C24H38BrN5O2Si/c1-24(2,12-7-6-9-18-10-8-11-21(25)27-18)23(31)29-15-19-20(16-29)30(28-22(19)26)17-32-13-14-33(3,4)5/h8,10-11H,6-7,9,12-17H2,1-5H3,(H2,26,28). The van der Waals surface area contributed by atoms with E-state index in [0.717, 1.165) is 59.9 Å². The lowest BCUT2D eigenvalue weighted by Crippen LogP contribution is -2.38. The summed E-state index contributed by atoms with van der Waals surface area (Å²) in [5.74, 6) is 0.679. The number of pyridine rings is 1. The molecular formula is C24H38BrN5O2Si. The third-order valence-electron chi connectivity index (χ3n) is 6.22. The van der Waals surface area contributed by atoms with Gasteiger partial charge in [-0.05, 0) is 53.4 Å². The number of aromatic nitrogens is 3. The second-order valence-corrected chi connectivity index (χ2v) is 17.3. The largest absolute Gasteiger partial charge is 0.382 e. The molecule has 3 rings (SSSR count). The molecule has 2 aromatic rings. The van der Waals surface area contributed by atoms with E-state index in [9.17, 15) is 4.79 Å². The van der Waals surface area contributed by atoms with Gasteiger partial charge in [-0.2, -0.15) is 5.10 Å². The number of fused-ring (bicyclic) bond motifs is 1. The van der Waals surface area contributed by atoms with Gasteiger partial charge in [-0.3, -0.25) is 4.79 Å². The molecule has 0 saturated heterocycles. The first kappa shape index (κ1) is 25.9. The topological polar surface area (TPSA) is 86.3 Å². The molecule has 9 heteroatoms. The van der Waals surface area contributed by atoms with E-state index in [1.165, 1.54) is 0 Å². The van der Waals surface area contributed by atoms with Gasteiger partial charge < -0.3 is 15.4 Å². The number of hydrogen-bond donors (Lipinski definition) is 1. The lowest BCUT2D eigenvalue weighted by atomic mass is 9.85. The third kappa shape index (κ3) is 7.13. The van der Waals surface area contributed by atoms with Crippen molar-refractivity contribution in [1.29, 1.82) is 0 Å². The Morgan fingerprint density at radius 1 is 1.24 bits per heavy atom. The van der Waals surface area contributed by atoms with Crippen LogP contribution in [0.5, 0.6) is 0 Å². The van der Waals surface area contributed by atoms with Crippen LogP contribution in [0.25, 0.3) is 0 Å². The second kappa shape index (κ2) is 10.7. The molecule has 0 aromatic carbocycles. The smallest absolute Gasteiger partial charge is 0.228 e. The Bertz CT molecular complexity index is 970. The highest BCUT2D eigenvalue weighted by Crippen LogP contribution is 2.33. The summed E-state index contributed by atoms with van der Waals surface area (Å²) in [7, 11) is -1.13. The highest BCUT2D eigenvalue weighted by molar-refractivity contribution is 9.10. The van der Waals surface area contributed by atoms with Gasteiger partial charge in [0.15, 0.2) is 5.82 Å². The minimum absolute atomic E-state index is 0.171. The summed E-state index contributed by atoms with van der Waals surface area (Å²) in [5, 5.41) is 4.45. The van der Waals surface area contributed by atoms with Crippen LogP contribution < -0.4 is 5.73 Å². The highest BCUT2D eigenvalue weighted by atomic mass is 79.9. The molecule has 2 N–H and O–H groups in total. The van der Waals surface area contributed by atoms with E-state index in [1.54, 1.807) is 0 Å². The van der Waals surface area contributed by atoms with Crippen molar-refractivity contribution in [2.75, 3.05) is 12.3 Å². The minimum Gasteiger partial charge on any atom is -0.382 e. The summed E-state index contributed by atoms with van der Waals surface area (Å²) in [6.07, 6.45) is 3.75. The van der Waals surface area contributed by atoms with Crippen LogP contribution in [0.3, 0.4) is 0 Å². The van der Waals surface area contributed by atoms with Crippen molar-refractivity contribution in [1.82, 2.24) is 19.7 Å². The van der Waals surface area contributed by atoms with Crippen molar-refractivity contribution in [2.45, 2.75) is 85.0 Å². The quantitative estimate of drug-likeness (QED) is 0.242. The van der Waals surface area contributed by atoms with Crippen LogP contribution in [0.1, 0.15) is 50.1 Å². The number of ether oxygens (including phenoxy) is 1. The fourth-order valence-electron chi connectivity index (χ4n) is 4.11. The van der Waals surface area contributed by atoms with E-state index in [0.29, 0.717) is 25.6 Å². The van der Waals surface area contributed by atoms with Crippen LogP contribution in [-0.4, -0.2) is 40.3 Å². The Balaban J connectivity index is 1.50. The lowest BCUT2D eigenvalue weighted by molar-refractivity contribution is -0.141. The van der Waals surface area contributed by atoms with Crippen molar-refractivity contribution in [3.8, 4) is 0 Å². The predicted molar refractivity (Wildman–Crippen MR) is 138 cm³/mol. The van der Waals surface area contributed by atoms with E-state index in [-0.39, 0.29) is 5.91 Å². The molecule has 0 aliphatic carbocycles. The molecule has 1 amide bonds. The van der Waals surface area contributed by atoms with Crippen molar-refractivity contribution in [3.63, 3.8) is 0 Å². The van der Waals surface area contributed by atoms with Gasteiger partial charge in [0.25, 0.3) is 0 Å². The molecule has 1 aliphatic rings. The third-order valence-corrected chi connectivity index (χ3v) is 8.37. The maximum Gasteiger partial charge on any atom is 0.228 e.